The Balaban J connectivity index is 2.31. The van der Waals surface area contributed by atoms with Crippen LogP contribution in [0.25, 0.3) is 0 Å². The third-order valence-corrected chi connectivity index (χ3v) is 1.73. The van der Waals surface area contributed by atoms with Gasteiger partial charge in [-0.1, -0.05) is 30.3 Å². The molecular weight excluding hydrogens is 178 g/mol. The second kappa shape index (κ2) is 5.40. The maximum absolute atomic E-state index is 11.1. The zero-order valence-electron chi connectivity index (χ0n) is 8.27. The molecule has 0 aliphatic heterocycles. The van der Waals surface area contributed by atoms with Crippen LogP contribution in [0.3, 0.4) is 0 Å². The third kappa shape index (κ3) is 4.05. The fourth-order valence-electron chi connectivity index (χ4n) is 1.06. The maximum Gasteiger partial charge on any atom is 0.307 e. The number of carbonyl (C=O) groups is 1. The molecule has 0 aliphatic rings. The monoisotopic (exact) mass is 193 g/mol. The Morgan fingerprint density at radius 2 is 2.07 bits per heavy atom. The number of rotatable bonds is 4. The van der Waals surface area contributed by atoms with E-state index in [4.69, 9.17) is 10.5 Å². The molecule has 0 saturated heterocycles. The molecule has 0 amide bonds. The molecule has 2 N–H and O–H groups in total. The lowest BCUT2D eigenvalue weighted by atomic mass is 10.2. The van der Waals surface area contributed by atoms with Gasteiger partial charge in [0.05, 0.1) is 6.42 Å². The van der Waals surface area contributed by atoms with Crippen molar-refractivity contribution in [2.24, 2.45) is 5.73 Å². The summed E-state index contributed by atoms with van der Waals surface area (Å²) in [4.78, 5) is 11.1. The fraction of sp³-hybridized carbons (Fsp3) is 0.364. The van der Waals surface area contributed by atoms with E-state index in [1.165, 1.54) is 0 Å². The molecule has 0 aromatic heterocycles. The summed E-state index contributed by atoms with van der Waals surface area (Å²) in [7, 11) is 0. The van der Waals surface area contributed by atoms with Crippen molar-refractivity contribution in [2.75, 3.05) is 0 Å². The lowest BCUT2D eigenvalue weighted by Gasteiger charge is -2.06. The van der Waals surface area contributed by atoms with Crippen molar-refractivity contribution in [3.8, 4) is 0 Å². The van der Waals surface area contributed by atoms with E-state index in [1.807, 2.05) is 30.3 Å². The summed E-state index contributed by atoms with van der Waals surface area (Å²) in [5.74, 6) is -0.246. The number of hydrogen-bond acceptors (Lipinski definition) is 3. The predicted molar refractivity (Wildman–Crippen MR) is 54.5 cm³/mol. The van der Waals surface area contributed by atoms with Crippen LogP contribution in [0, 0.1) is 0 Å². The number of nitrogens with two attached hydrogens (primary N) is 1. The molecule has 1 unspecified atom stereocenters. The van der Waals surface area contributed by atoms with Gasteiger partial charge in [-0.15, -0.1) is 0 Å². The van der Waals surface area contributed by atoms with Crippen LogP contribution in [0.5, 0.6) is 0 Å². The molecule has 1 aromatic carbocycles. The highest BCUT2D eigenvalue weighted by atomic mass is 16.5. The molecule has 14 heavy (non-hydrogen) atoms. The Labute approximate surface area is 83.9 Å². The highest BCUT2D eigenvalue weighted by Gasteiger charge is 2.05. The van der Waals surface area contributed by atoms with Crippen LogP contribution in [0.15, 0.2) is 30.3 Å². The molecule has 0 spiro atoms. The summed E-state index contributed by atoms with van der Waals surface area (Å²) in [6.07, 6.45) is 0.271. The minimum absolute atomic E-state index is 0.140. The minimum Gasteiger partial charge on any atom is -0.461 e. The molecule has 0 saturated carbocycles. The van der Waals surface area contributed by atoms with Gasteiger partial charge >= 0.3 is 5.97 Å². The summed E-state index contributed by atoms with van der Waals surface area (Å²) < 4.78 is 5.02. The van der Waals surface area contributed by atoms with E-state index >= 15 is 0 Å². The number of benzene rings is 1. The number of esters is 1. The van der Waals surface area contributed by atoms with Gasteiger partial charge in [-0.3, -0.25) is 4.79 Å². The van der Waals surface area contributed by atoms with Crippen LogP contribution in [0.1, 0.15) is 18.9 Å². The number of hydrogen-bond donors (Lipinski definition) is 1. The molecule has 0 heterocycles. The van der Waals surface area contributed by atoms with Gasteiger partial charge in [0.1, 0.15) is 6.61 Å². The van der Waals surface area contributed by atoms with Crippen molar-refractivity contribution in [2.45, 2.75) is 26.0 Å². The highest BCUT2D eigenvalue weighted by Crippen LogP contribution is 2.02. The van der Waals surface area contributed by atoms with E-state index in [0.29, 0.717) is 6.61 Å². The average Bonchev–Trinajstić information content (AvgIpc) is 2.15. The molecular formula is C11H15NO2. The highest BCUT2D eigenvalue weighted by molar-refractivity contribution is 5.70. The number of carbonyl (C=O) groups excluding carboxylic acids is 1. The Kier molecular flexibility index (Phi) is 4.13. The van der Waals surface area contributed by atoms with E-state index in [9.17, 15) is 4.79 Å². The standard InChI is InChI=1S/C11H15NO2/c1-9(12)7-11(13)14-8-10-5-3-2-4-6-10/h2-6,9H,7-8,12H2,1H3. The second-order valence-electron chi connectivity index (χ2n) is 3.33. The third-order valence-electron chi connectivity index (χ3n) is 1.73. The Bertz CT molecular complexity index is 283. The molecule has 76 valence electrons. The van der Waals surface area contributed by atoms with Gasteiger partial charge in [0.2, 0.25) is 0 Å². The van der Waals surface area contributed by atoms with Crippen molar-refractivity contribution in [1.29, 1.82) is 0 Å². The first kappa shape index (κ1) is 10.7. The van der Waals surface area contributed by atoms with E-state index < -0.39 is 0 Å². The molecule has 1 aromatic rings. The van der Waals surface area contributed by atoms with Crippen molar-refractivity contribution >= 4 is 5.97 Å². The molecule has 1 atom stereocenters. The maximum atomic E-state index is 11.1. The quantitative estimate of drug-likeness (QED) is 0.737. The predicted octanol–water partition coefficient (Wildman–Crippen LogP) is 1.47. The van der Waals surface area contributed by atoms with Crippen LogP contribution in [-0.4, -0.2) is 12.0 Å². The second-order valence-corrected chi connectivity index (χ2v) is 3.33. The molecule has 0 aliphatic carbocycles. The van der Waals surface area contributed by atoms with Crippen LogP contribution in [0.2, 0.25) is 0 Å². The summed E-state index contributed by atoms with van der Waals surface area (Å²) in [5.41, 5.74) is 6.45. The fourth-order valence-corrected chi connectivity index (χ4v) is 1.06. The van der Waals surface area contributed by atoms with E-state index in [-0.39, 0.29) is 18.4 Å². The molecule has 3 heteroatoms. The summed E-state index contributed by atoms with van der Waals surface area (Å²) in [6.45, 7) is 2.11. The first-order valence-corrected chi connectivity index (χ1v) is 4.63. The normalized spacial score (nSPS) is 12.1. The van der Waals surface area contributed by atoms with E-state index in [0.717, 1.165) is 5.56 Å². The van der Waals surface area contributed by atoms with Gasteiger partial charge in [0.25, 0.3) is 0 Å². The van der Waals surface area contributed by atoms with Gasteiger partial charge in [-0.05, 0) is 12.5 Å². The van der Waals surface area contributed by atoms with Gasteiger partial charge < -0.3 is 10.5 Å². The first-order valence-electron chi connectivity index (χ1n) is 4.63. The summed E-state index contributed by atoms with van der Waals surface area (Å²) >= 11 is 0. The van der Waals surface area contributed by atoms with Crippen LogP contribution in [-0.2, 0) is 16.1 Å². The van der Waals surface area contributed by atoms with Gasteiger partial charge in [0.15, 0.2) is 0 Å². The van der Waals surface area contributed by atoms with E-state index in [1.54, 1.807) is 6.92 Å². The Hall–Kier alpha value is -1.35. The zero-order chi connectivity index (χ0) is 10.4. The molecule has 1 rings (SSSR count). The smallest absolute Gasteiger partial charge is 0.307 e. The number of ether oxygens (including phenoxy) is 1. The first-order chi connectivity index (χ1) is 6.68. The Morgan fingerprint density at radius 3 is 2.64 bits per heavy atom. The van der Waals surface area contributed by atoms with Crippen LogP contribution >= 0.6 is 0 Å². The van der Waals surface area contributed by atoms with Crippen molar-refractivity contribution < 1.29 is 9.53 Å². The Morgan fingerprint density at radius 1 is 1.43 bits per heavy atom. The van der Waals surface area contributed by atoms with Crippen molar-refractivity contribution in [1.82, 2.24) is 0 Å². The molecule has 3 nitrogen and oxygen atoms in total. The topological polar surface area (TPSA) is 52.3 Å². The van der Waals surface area contributed by atoms with Gasteiger partial charge in [0, 0.05) is 6.04 Å². The van der Waals surface area contributed by atoms with Crippen molar-refractivity contribution in [3.63, 3.8) is 0 Å². The molecule has 0 bridgehead atoms. The van der Waals surface area contributed by atoms with Crippen LogP contribution in [0.4, 0.5) is 0 Å². The largest absolute Gasteiger partial charge is 0.461 e. The minimum atomic E-state index is -0.246. The summed E-state index contributed by atoms with van der Waals surface area (Å²) in [5, 5.41) is 0. The van der Waals surface area contributed by atoms with E-state index in [2.05, 4.69) is 0 Å². The van der Waals surface area contributed by atoms with Gasteiger partial charge in [-0.25, -0.2) is 0 Å². The van der Waals surface area contributed by atoms with Crippen LogP contribution < -0.4 is 5.73 Å². The zero-order valence-corrected chi connectivity index (χ0v) is 8.27. The van der Waals surface area contributed by atoms with Gasteiger partial charge in [-0.2, -0.15) is 0 Å². The summed E-state index contributed by atoms with van der Waals surface area (Å²) in [6, 6.07) is 9.44. The average molecular weight is 193 g/mol. The van der Waals surface area contributed by atoms with Crippen molar-refractivity contribution in [3.05, 3.63) is 35.9 Å². The molecule has 0 radical (unpaired) electrons. The lowest BCUT2D eigenvalue weighted by molar-refractivity contribution is -0.145. The molecule has 0 fully saturated rings. The lowest BCUT2D eigenvalue weighted by Crippen LogP contribution is -2.20. The SMILES string of the molecule is CC(N)CC(=O)OCc1ccccc1.